The van der Waals surface area contributed by atoms with Crippen LogP contribution in [-0.4, -0.2) is 18.0 Å². The van der Waals surface area contributed by atoms with E-state index in [0.717, 1.165) is 10.5 Å². The van der Waals surface area contributed by atoms with Crippen LogP contribution >= 0.6 is 11.8 Å². The Kier molecular flexibility index (Phi) is 6.87. The molecule has 2 atom stereocenters. The fraction of sp³-hybridized carbons (Fsp3) is 0.130. The summed E-state index contributed by atoms with van der Waals surface area (Å²) in [5, 5.41) is 2.19. The Morgan fingerprint density at radius 1 is 0.821 bits per heavy atom. The van der Waals surface area contributed by atoms with Crippen molar-refractivity contribution in [1.29, 1.82) is 0 Å². The molecule has 0 saturated heterocycles. The van der Waals surface area contributed by atoms with Gasteiger partial charge in [-0.15, -0.1) is 11.8 Å². The molecule has 3 rings (SSSR count). The number of rotatable bonds is 7. The third kappa shape index (κ3) is 5.47. The fourth-order valence-electron chi connectivity index (χ4n) is 2.57. The summed E-state index contributed by atoms with van der Waals surface area (Å²) >= 11 is 1.40. The lowest BCUT2D eigenvalue weighted by molar-refractivity contribution is -0.152. The Bertz CT molecular complexity index is 901. The van der Waals surface area contributed by atoms with E-state index in [1.165, 1.54) is 11.8 Å². The monoisotopic (exact) mass is 391 g/mol. The molecular weight excluding hydrogens is 370 g/mol. The van der Waals surface area contributed by atoms with Crippen LogP contribution in [0.3, 0.4) is 0 Å². The van der Waals surface area contributed by atoms with Gasteiger partial charge in [-0.05, 0) is 36.8 Å². The lowest BCUT2D eigenvalue weighted by atomic mass is 10.1. The predicted molar refractivity (Wildman–Crippen MR) is 112 cm³/mol. The minimum atomic E-state index is -0.907. The summed E-state index contributed by atoms with van der Waals surface area (Å²) in [5.74, 6) is -0.813. The summed E-state index contributed by atoms with van der Waals surface area (Å²) in [7, 11) is 0. The average molecular weight is 391 g/mol. The van der Waals surface area contributed by atoms with Crippen LogP contribution in [0.4, 0.5) is 5.69 Å². The quantitative estimate of drug-likeness (QED) is 0.450. The molecule has 0 heterocycles. The van der Waals surface area contributed by atoms with Gasteiger partial charge in [0.2, 0.25) is 0 Å². The van der Waals surface area contributed by atoms with E-state index in [-0.39, 0.29) is 5.91 Å². The van der Waals surface area contributed by atoms with Crippen molar-refractivity contribution >= 4 is 29.3 Å². The lowest BCUT2D eigenvalue weighted by Crippen LogP contribution is -2.31. The molecule has 0 saturated carbocycles. The largest absolute Gasteiger partial charge is 0.451 e. The highest BCUT2D eigenvalue weighted by Gasteiger charge is 2.27. The molecule has 0 radical (unpaired) electrons. The number of esters is 1. The topological polar surface area (TPSA) is 55.4 Å². The van der Waals surface area contributed by atoms with Crippen LogP contribution in [0.5, 0.6) is 0 Å². The van der Waals surface area contributed by atoms with Crippen molar-refractivity contribution in [2.75, 3.05) is 5.32 Å². The van der Waals surface area contributed by atoms with Gasteiger partial charge >= 0.3 is 5.97 Å². The second kappa shape index (κ2) is 9.76. The van der Waals surface area contributed by atoms with Crippen LogP contribution in [0, 0.1) is 0 Å². The smallest absolute Gasteiger partial charge is 0.324 e. The summed E-state index contributed by atoms with van der Waals surface area (Å²) in [6.45, 7) is 1.57. The molecule has 142 valence electrons. The summed E-state index contributed by atoms with van der Waals surface area (Å²) in [6, 6.07) is 28.2. The van der Waals surface area contributed by atoms with Crippen LogP contribution in [0.2, 0.25) is 0 Å². The Morgan fingerprint density at radius 2 is 1.36 bits per heavy atom. The standard InChI is InChI=1S/C23H21NO3S/c1-17(22(25)24-19-13-7-3-8-14-19)27-23(26)21(18-11-5-2-6-12-18)28-20-15-9-4-10-16-20/h2-17,21H,1H3,(H,24,25)/t17-,21-/m0/s1. The molecule has 5 heteroatoms. The lowest BCUT2D eigenvalue weighted by Gasteiger charge is -2.19. The predicted octanol–water partition coefficient (Wildman–Crippen LogP) is 5.09. The van der Waals surface area contributed by atoms with Crippen molar-refractivity contribution in [3.63, 3.8) is 0 Å². The Balaban J connectivity index is 1.71. The van der Waals surface area contributed by atoms with Crippen molar-refractivity contribution < 1.29 is 14.3 Å². The van der Waals surface area contributed by atoms with Crippen LogP contribution in [-0.2, 0) is 14.3 Å². The number of carbonyl (C=O) groups excluding carboxylic acids is 2. The second-order valence-corrected chi connectivity index (χ2v) is 7.33. The van der Waals surface area contributed by atoms with E-state index in [2.05, 4.69) is 5.32 Å². The molecule has 0 aliphatic carbocycles. The molecule has 1 amide bonds. The Labute approximate surface area is 168 Å². The first kappa shape index (κ1) is 19.7. The second-order valence-electron chi connectivity index (χ2n) is 6.16. The molecule has 0 bridgehead atoms. The zero-order chi connectivity index (χ0) is 19.8. The third-order valence-electron chi connectivity index (χ3n) is 4.02. The number of thioether (sulfide) groups is 1. The highest BCUT2D eigenvalue weighted by atomic mass is 32.2. The average Bonchev–Trinajstić information content (AvgIpc) is 2.74. The van der Waals surface area contributed by atoms with Gasteiger partial charge in [-0.2, -0.15) is 0 Å². The molecule has 0 aliphatic rings. The zero-order valence-corrected chi connectivity index (χ0v) is 16.3. The van der Waals surface area contributed by atoms with Gasteiger partial charge in [0.1, 0.15) is 5.25 Å². The fourth-order valence-corrected chi connectivity index (χ4v) is 3.60. The number of anilines is 1. The van der Waals surface area contributed by atoms with Crippen LogP contribution in [0.1, 0.15) is 17.7 Å². The van der Waals surface area contributed by atoms with Crippen LogP contribution < -0.4 is 5.32 Å². The zero-order valence-electron chi connectivity index (χ0n) is 15.4. The highest BCUT2D eigenvalue weighted by Crippen LogP contribution is 2.36. The van der Waals surface area contributed by atoms with Gasteiger partial charge in [-0.25, -0.2) is 0 Å². The molecule has 0 aliphatic heterocycles. The molecule has 0 fully saturated rings. The van der Waals surface area contributed by atoms with Crippen molar-refractivity contribution in [1.82, 2.24) is 0 Å². The summed E-state index contributed by atoms with van der Waals surface area (Å²) in [6.07, 6.45) is -0.907. The van der Waals surface area contributed by atoms with E-state index in [9.17, 15) is 9.59 Å². The molecule has 1 N–H and O–H groups in total. The number of ether oxygens (including phenoxy) is 1. The maximum Gasteiger partial charge on any atom is 0.324 e. The Morgan fingerprint density at radius 3 is 1.96 bits per heavy atom. The van der Waals surface area contributed by atoms with Gasteiger partial charge in [0, 0.05) is 10.6 Å². The minimum absolute atomic E-state index is 0.365. The van der Waals surface area contributed by atoms with E-state index >= 15 is 0 Å². The third-order valence-corrected chi connectivity index (χ3v) is 5.26. The maximum atomic E-state index is 12.9. The van der Waals surface area contributed by atoms with Gasteiger partial charge in [-0.3, -0.25) is 9.59 Å². The van der Waals surface area contributed by atoms with E-state index < -0.39 is 17.3 Å². The number of carbonyl (C=O) groups is 2. The first-order chi connectivity index (χ1) is 13.6. The van der Waals surface area contributed by atoms with Crippen LogP contribution in [0.25, 0.3) is 0 Å². The first-order valence-corrected chi connectivity index (χ1v) is 9.84. The van der Waals surface area contributed by atoms with Crippen molar-refractivity contribution in [2.24, 2.45) is 0 Å². The van der Waals surface area contributed by atoms with E-state index in [1.54, 1.807) is 19.1 Å². The van der Waals surface area contributed by atoms with Crippen molar-refractivity contribution in [3.05, 3.63) is 96.6 Å². The summed E-state index contributed by atoms with van der Waals surface area (Å²) < 4.78 is 5.50. The normalized spacial score (nSPS) is 12.6. The van der Waals surface area contributed by atoms with E-state index in [1.807, 2.05) is 78.9 Å². The maximum absolute atomic E-state index is 12.9. The number of hydrogen-bond donors (Lipinski definition) is 1. The molecule has 0 spiro atoms. The molecule has 28 heavy (non-hydrogen) atoms. The van der Waals surface area contributed by atoms with Crippen molar-refractivity contribution in [2.45, 2.75) is 23.2 Å². The molecule has 4 nitrogen and oxygen atoms in total. The summed E-state index contributed by atoms with van der Waals surface area (Å²) in [5.41, 5.74) is 1.49. The van der Waals surface area contributed by atoms with Gasteiger partial charge in [0.25, 0.3) is 5.91 Å². The number of amides is 1. The summed E-state index contributed by atoms with van der Waals surface area (Å²) in [4.78, 5) is 26.2. The number of benzene rings is 3. The van der Waals surface area contributed by atoms with E-state index in [4.69, 9.17) is 4.74 Å². The highest BCUT2D eigenvalue weighted by molar-refractivity contribution is 8.00. The number of para-hydroxylation sites is 1. The van der Waals surface area contributed by atoms with Gasteiger partial charge in [0.05, 0.1) is 0 Å². The Hall–Kier alpha value is -3.05. The molecule has 0 aromatic heterocycles. The molecule has 0 unspecified atom stereocenters. The van der Waals surface area contributed by atoms with Gasteiger partial charge in [0.15, 0.2) is 6.10 Å². The van der Waals surface area contributed by atoms with E-state index in [0.29, 0.717) is 5.69 Å². The molecular formula is C23H21NO3S. The SMILES string of the molecule is C[C@H](OC(=O)[C@@H](Sc1ccccc1)c1ccccc1)C(=O)Nc1ccccc1. The van der Waals surface area contributed by atoms with Crippen LogP contribution in [0.15, 0.2) is 95.9 Å². The van der Waals surface area contributed by atoms with Gasteiger partial charge in [-0.1, -0.05) is 66.7 Å². The van der Waals surface area contributed by atoms with Crippen molar-refractivity contribution in [3.8, 4) is 0 Å². The van der Waals surface area contributed by atoms with Gasteiger partial charge < -0.3 is 10.1 Å². The first-order valence-electron chi connectivity index (χ1n) is 8.96. The minimum Gasteiger partial charge on any atom is -0.451 e. The number of hydrogen-bond acceptors (Lipinski definition) is 4. The number of nitrogens with one attached hydrogen (secondary N) is 1. The molecule has 3 aromatic carbocycles. The molecule has 3 aromatic rings.